The van der Waals surface area contributed by atoms with Gasteiger partial charge in [-0.3, -0.25) is 4.79 Å². The summed E-state index contributed by atoms with van der Waals surface area (Å²) in [4.78, 5) is 21.2. The minimum absolute atomic E-state index is 0. The van der Waals surface area contributed by atoms with E-state index in [-0.39, 0.29) is 42.2 Å². The fourth-order valence-corrected chi connectivity index (χ4v) is 5.34. The average Bonchev–Trinajstić information content (AvgIpc) is 3.36. The third kappa shape index (κ3) is 6.07. The van der Waals surface area contributed by atoms with E-state index in [2.05, 4.69) is 56.2 Å². The van der Waals surface area contributed by atoms with E-state index < -0.39 is 0 Å². The van der Waals surface area contributed by atoms with Crippen LogP contribution in [0.15, 0.2) is 28.9 Å². The van der Waals surface area contributed by atoms with Gasteiger partial charge in [0.15, 0.2) is 0 Å². The summed E-state index contributed by atoms with van der Waals surface area (Å²) in [5.74, 6) is 2.36. The molecule has 0 radical (unpaired) electrons. The van der Waals surface area contributed by atoms with Gasteiger partial charge >= 0.3 is 0 Å². The lowest BCUT2D eigenvalue weighted by Gasteiger charge is -2.36. The molecule has 1 aliphatic heterocycles. The first kappa shape index (κ1) is 28.5. The molecule has 2 aromatic heterocycles. The highest BCUT2D eigenvalue weighted by atomic mass is 35.5. The number of halogens is 2. The number of aromatic nitrogens is 1. The van der Waals surface area contributed by atoms with E-state index in [4.69, 9.17) is 9.40 Å². The molecule has 8 heteroatoms. The second-order valence-electron chi connectivity index (χ2n) is 10.6. The quantitative estimate of drug-likeness (QED) is 0.494. The van der Waals surface area contributed by atoms with Crippen LogP contribution < -0.4 is 10.6 Å². The van der Waals surface area contributed by atoms with Gasteiger partial charge in [0, 0.05) is 24.8 Å². The van der Waals surface area contributed by atoms with Gasteiger partial charge in [-0.15, -0.1) is 24.8 Å². The number of carbonyl (C=O) groups excluding carboxylic acids is 1. The third-order valence-electron chi connectivity index (χ3n) is 6.84. The van der Waals surface area contributed by atoms with E-state index in [1.165, 1.54) is 5.56 Å². The van der Waals surface area contributed by atoms with Crippen molar-refractivity contribution in [2.24, 2.45) is 5.92 Å². The van der Waals surface area contributed by atoms with E-state index >= 15 is 0 Å². The van der Waals surface area contributed by atoms with Gasteiger partial charge in [0.25, 0.3) is 5.91 Å². The first-order valence-electron chi connectivity index (χ1n) is 12.1. The molecule has 2 unspecified atom stereocenters. The summed E-state index contributed by atoms with van der Waals surface area (Å²) < 4.78 is 5.50. The standard InChI is InChI=1S/C26H38N4O2.2ClH/c1-17(2)16-30(19-8-6-10-27-14-19)25(31)21-12-22-23(18(3)13-26(22,4)5)29-24(21)28-15-20-9-7-11-32-20;;/h7,9,11-12,17-19,27H,6,8,10,13-16H2,1-5H3,(H,28,29);2*1H. The van der Waals surface area contributed by atoms with Crippen molar-refractivity contribution in [3.05, 3.63) is 47.0 Å². The maximum Gasteiger partial charge on any atom is 0.257 e. The highest BCUT2D eigenvalue weighted by Gasteiger charge is 2.38. The smallest absolute Gasteiger partial charge is 0.257 e. The molecule has 1 aliphatic carbocycles. The Bertz CT molecular complexity index is 941. The molecule has 1 fully saturated rings. The van der Waals surface area contributed by atoms with Crippen molar-refractivity contribution in [3.63, 3.8) is 0 Å². The van der Waals surface area contributed by atoms with Crippen LogP contribution in [-0.2, 0) is 12.0 Å². The third-order valence-corrected chi connectivity index (χ3v) is 6.84. The Morgan fingerprint density at radius 1 is 1.35 bits per heavy atom. The van der Waals surface area contributed by atoms with E-state index in [1.807, 2.05) is 12.1 Å². The average molecular weight is 512 g/mol. The molecule has 0 saturated carbocycles. The van der Waals surface area contributed by atoms with Crippen molar-refractivity contribution in [1.29, 1.82) is 0 Å². The van der Waals surface area contributed by atoms with Gasteiger partial charge in [0.2, 0.25) is 0 Å². The molecular formula is C26H40Cl2N4O2. The van der Waals surface area contributed by atoms with Gasteiger partial charge < -0.3 is 20.0 Å². The Balaban J connectivity index is 0.00000204. The number of hydrogen-bond acceptors (Lipinski definition) is 5. The number of rotatable bonds is 7. The summed E-state index contributed by atoms with van der Waals surface area (Å²) in [6.45, 7) is 14.3. The maximum atomic E-state index is 14.0. The summed E-state index contributed by atoms with van der Waals surface area (Å²) in [6.07, 6.45) is 4.86. The molecule has 2 aliphatic rings. The molecule has 6 nitrogen and oxygen atoms in total. The number of furan rings is 1. The Labute approximate surface area is 216 Å². The number of piperidine rings is 1. The molecule has 2 aromatic rings. The zero-order chi connectivity index (χ0) is 22.9. The van der Waals surface area contributed by atoms with Crippen LogP contribution >= 0.6 is 24.8 Å². The number of amides is 1. The van der Waals surface area contributed by atoms with Gasteiger partial charge in [-0.25, -0.2) is 4.98 Å². The van der Waals surface area contributed by atoms with E-state index in [0.29, 0.717) is 29.8 Å². The summed E-state index contributed by atoms with van der Waals surface area (Å²) in [5.41, 5.74) is 3.03. The van der Waals surface area contributed by atoms with Gasteiger partial charge in [0.05, 0.1) is 18.4 Å². The number of hydrogen-bond donors (Lipinski definition) is 2. The molecular weight excluding hydrogens is 471 g/mol. The normalized spacial score (nSPS) is 20.8. The van der Waals surface area contributed by atoms with Crippen molar-refractivity contribution in [1.82, 2.24) is 15.2 Å². The number of pyridine rings is 1. The fourth-order valence-electron chi connectivity index (χ4n) is 5.34. The second kappa shape index (κ2) is 11.8. The Morgan fingerprint density at radius 3 is 2.74 bits per heavy atom. The summed E-state index contributed by atoms with van der Waals surface area (Å²) in [5, 5.41) is 6.89. The predicted molar refractivity (Wildman–Crippen MR) is 143 cm³/mol. The number of nitrogens with one attached hydrogen (secondary N) is 2. The lowest BCUT2D eigenvalue weighted by molar-refractivity contribution is 0.0620. The van der Waals surface area contributed by atoms with Crippen LogP contribution in [0.25, 0.3) is 0 Å². The fraction of sp³-hybridized carbons (Fsp3) is 0.615. The first-order chi connectivity index (χ1) is 15.3. The molecule has 3 heterocycles. The zero-order valence-electron chi connectivity index (χ0n) is 21.0. The first-order valence-corrected chi connectivity index (χ1v) is 12.1. The van der Waals surface area contributed by atoms with E-state index in [9.17, 15) is 4.79 Å². The number of anilines is 1. The van der Waals surface area contributed by atoms with Gasteiger partial charge in [-0.05, 0) is 66.8 Å². The number of carbonyl (C=O) groups is 1. The van der Waals surface area contributed by atoms with Crippen molar-refractivity contribution >= 4 is 36.5 Å². The summed E-state index contributed by atoms with van der Waals surface area (Å²) >= 11 is 0. The summed E-state index contributed by atoms with van der Waals surface area (Å²) in [7, 11) is 0. The van der Waals surface area contributed by atoms with Crippen LogP contribution in [0, 0.1) is 5.92 Å². The van der Waals surface area contributed by atoms with E-state index in [1.54, 1.807) is 6.26 Å². The van der Waals surface area contributed by atoms with Crippen LogP contribution in [0.2, 0.25) is 0 Å². The highest BCUT2D eigenvalue weighted by molar-refractivity contribution is 5.99. The minimum Gasteiger partial charge on any atom is -0.467 e. The molecule has 0 aromatic carbocycles. The van der Waals surface area contributed by atoms with Gasteiger partial charge in [-0.1, -0.05) is 34.6 Å². The predicted octanol–water partition coefficient (Wildman–Crippen LogP) is 5.77. The Hall–Kier alpha value is -1.76. The maximum absolute atomic E-state index is 14.0. The molecule has 1 amide bonds. The topological polar surface area (TPSA) is 70.4 Å². The monoisotopic (exact) mass is 510 g/mol. The zero-order valence-corrected chi connectivity index (χ0v) is 22.7. The van der Waals surface area contributed by atoms with Crippen molar-refractivity contribution < 1.29 is 9.21 Å². The van der Waals surface area contributed by atoms with Crippen LogP contribution in [0.1, 0.15) is 87.2 Å². The largest absolute Gasteiger partial charge is 0.467 e. The number of fused-ring (bicyclic) bond motifs is 1. The Morgan fingerprint density at radius 2 is 2.12 bits per heavy atom. The van der Waals surface area contributed by atoms with Gasteiger partial charge in [-0.2, -0.15) is 0 Å². The van der Waals surface area contributed by atoms with Crippen molar-refractivity contribution in [2.45, 2.75) is 77.8 Å². The molecule has 34 heavy (non-hydrogen) atoms. The van der Waals surface area contributed by atoms with Crippen LogP contribution in [-0.4, -0.2) is 41.5 Å². The lowest BCUT2D eigenvalue weighted by Crippen LogP contribution is -2.50. The lowest BCUT2D eigenvalue weighted by atomic mass is 9.86. The van der Waals surface area contributed by atoms with Crippen molar-refractivity contribution in [2.75, 3.05) is 25.0 Å². The van der Waals surface area contributed by atoms with Crippen LogP contribution in [0.3, 0.4) is 0 Å². The van der Waals surface area contributed by atoms with Crippen molar-refractivity contribution in [3.8, 4) is 0 Å². The highest BCUT2D eigenvalue weighted by Crippen LogP contribution is 2.46. The molecule has 0 spiro atoms. The molecule has 2 atom stereocenters. The minimum atomic E-state index is 0. The van der Waals surface area contributed by atoms with Crippen LogP contribution in [0.4, 0.5) is 5.82 Å². The molecule has 4 rings (SSSR count). The van der Waals surface area contributed by atoms with Gasteiger partial charge in [0.1, 0.15) is 11.6 Å². The van der Waals surface area contributed by atoms with Crippen LogP contribution in [0.5, 0.6) is 0 Å². The molecule has 0 bridgehead atoms. The SMILES string of the molecule is CC(C)CN(C(=O)c1cc2c(nc1NCc1ccco1)C(C)CC2(C)C)C1CCCNC1.Cl.Cl. The number of nitrogens with zero attached hydrogens (tertiary/aromatic N) is 2. The second-order valence-corrected chi connectivity index (χ2v) is 10.6. The molecule has 2 N–H and O–H groups in total. The molecule has 1 saturated heterocycles. The Kier molecular flexibility index (Phi) is 9.87. The molecule has 190 valence electrons. The summed E-state index contributed by atoms with van der Waals surface area (Å²) in [6, 6.07) is 6.16. The van der Waals surface area contributed by atoms with E-state index in [0.717, 1.165) is 50.4 Å².